The van der Waals surface area contributed by atoms with Crippen molar-refractivity contribution in [2.24, 2.45) is 0 Å². The van der Waals surface area contributed by atoms with Gasteiger partial charge >= 0.3 is 0 Å². The molecule has 21 heavy (non-hydrogen) atoms. The SMILES string of the molecule is Cc1cc(C(=O)N(CCO)CC(F)F)sc1C#CCCO. The van der Waals surface area contributed by atoms with Gasteiger partial charge in [-0.2, -0.15) is 0 Å². The smallest absolute Gasteiger partial charge is 0.264 e. The standard InChI is InChI=1S/C14H17F2NO3S/c1-10-8-12(21-11(10)4-2-3-6-18)14(20)17(5-7-19)9-13(15)16/h8,13,18-19H,3,5-7,9H2,1H3. The number of amides is 1. The zero-order valence-electron chi connectivity index (χ0n) is 11.6. The summed E-state index contributed by atoms with van der Waals surface area (Å²) in [5, 5.41) is 17.5. The third-order valence-electron chi connectivity index (χ3n) is 2.58. The van der Waals surface area contributed by atoms with Gasteiger partial charge < -0.3 is 15.1 Å². The van der Waals surface area contributed by atoms with Gasteiger partial charge in [-0.3, -0.25) is 4.79 Å². The molecule has 0 aliphatic rings. The third kappa shape index (κ3) is 5.42. The Bertz CT molecular complexity index is 534. The Hall–Kier alpha value is -1.49. The van der Waals surface area contributed by atoms with Crippen molar-refractivity contribution in [3.63, 3.8) is 0 Å². The summed E-state index contributed by atoms with van der Waals surface area (Å²) in [5.41, 5.74) is 0.787. The lowest BCUT2D eigenvalue weighted by molar-refractivity contribution is 0.0513. The number of aryl methyl sites for hydroxylation is 1. The Morgan fingerprint density at radius 3 is 2.71 bits per heavy atom. The number of aliphatic hydroxyl groups is 2. The second-order valence-corrected chi connectivity index (χ2v) is 5.32. The minimum atomic E-state index is -2.65. The van der Waals surface area contributed by atoms with E-state index in [9.17, 15) is 13.6 Å². The fourth-order valence-electron chi connectivity index (χ4n) is 1.63. The molecule has 0 atom stereocenters. The lowest BCUT2D eigenvalue weighted by atomic mass is 10.2. The van der Waals surface area contributed by atoms with Gasteiger partial charge in [0, 0.05) is 13.0 Å². The highest BCUT2D eigenvalue weighted by molar-refractivity contribution is 7.14. The summed E-state index contributed by atoms with van der Waals surface area (Å²) in [4.78, 5) is 14.1. The van der Waals surface area contributed by atoms with E-state index in [1.54, 1.807) is 13.0 Å². The van der Waals surface area contributed by atoms with Crippen LogP contribution in [-0.4, -0.2) is 53.7 Å². The molecular weight excluding hydrogens is 300 g/mol. The molecule has 1 aromatic rings. The molecule has 0 saturated heterocycles. The third-order valence-corrected chi connectivity index (χ3v) is 3.72. The zero-order valence-corrected chi connectivity index (χ0v) is 12.4. The fourth-order valence-corrected chi connectivity index (χ4v) is 2.64. The van der Waals surface area contributed by atoms with E-state index in [1.165, 1.54) is 0 Å². The minimum absolute atomic E-state index is 0.0398. The first kappa shape index (κ1) is 17.6. The van der Waals surface area contributed by atoms with Crippen molar-refractivity contribution < 1.29 is 23.8 Å². The van der Waals surface area contributed by atoms with Gasteiger partial charge in [0.05, 0.1) is 29.5 Å². The highest BCUT2D eigenvalue weighted by Gasteiger charge is 2.21. The molecule has 0 fully saturated rings. The van der Waals surface area contributed by atoms with Crippen LogP contribution in [0.25, 0.3) is 0 Å². The van der Waals surface area contributed by atoms with Gasteiger partial charge in [0.25, 0.3) is 12.3 Å². The summed E-state index contributed by atoms with van der Waals surface area (Å²) in [6.07, 6.45) is -2.31. The predicted molar refractivity (Wildman–Crippen MR) is 76.6 cm³/mol. The van der Waals surface area contributed by atoms with Crippen LogP contribution in [0.5, 0.6) is 0 Å². The van der Waals surface area contributed by atoms with Crippen molar-refractivity contribution >= 4 is 17.2 Å². The van der Waals surface area contributed by atoms with Crippen molar-refractivity contribution in [1.82, 2.24) is 4.90 Å². The number of thiophene rings is 1. The summed E-state index contributed by atoms with van der Waals surface area (Å²) in [6, 6.07) is 1.60. The summed E-state index contributed by atoms with van der Waals surface area (Å²) in [5.74, 6) is 5.06. The van der Waals surface area contributed by atoms with Crippen LogP contribution in [0.2, 0.25) is 0 Å². The Morgan fingerprint density at radius 1 is 1.43 bits per heavy atom. The van der Waals surface area contributed by atoms with E-state index in [0.717, 1.165) is 21.8 Å². The number of alkyl halides is 2. The van der Waals surface area contributed by atoms with Crippen molar-refractivity contribution in [1.29, 1.82) is 0 Å². The largest absolute Gasteiger partial charge is 0.395 e. The molecule has 0 radical (unpaired) electrons. The average molecular weight is 317 g/mol. The maximum atomic E-state index is 12.5. The number of nitrogens with zero attached hydrogens (tertiary/aromatic N) is 1. The van der Waals surface area contributed by atoms with E-state index >= 15 is 0 Å². The maximum absolute atomic E-state index is 12.5. The molecule has 0 aromatic carbocycles. The van der Waals surface area contributed by atoms with Gasteiger partial charge in [0.1, 0.15) is 0 Å². The summed E-state index contributed by atoms with van der Waals surface area (Å²) in [7, 11) is 0. The van der Waals surface area contributed by atoms with Crippen LogP contribution in [0, 0.1) is 18.8 Å². The number of carbonyl (C=O) groups excluding carboxylic acids is 1. The Morgan fingerprint density at radius 2 is 2.14 bits per heavy atom. The van der Waals surface area contributed by atoms with Crippen LogP contribution < -0.4 is 0 Å². The lowest BCUT2D eigenvalue weighted by Gasteiger charge is -2.20. The Kier molecular flexibility index (Phi) is 7.29. The van der Waals surface area contributed by atoms with Crippen LogP contribution in [0.4, 0.5) is 8.78 Å². The van der Waals surface area contributed by atoms with E-state index in [2.05, 4.69) is 11.8 Å². The topological polar surface area (TPSA) is 60.8 Å². The molecule has 1 heterocycles. The quantitative estimate of drug-likeness (QED) is 0.782. The minimum Gasteiger partial charge on any atom is -0.395 e. The van der Waals surface area contributed by atoms with Gasteiger partial charge in [-0.25, -0.2) is 8.78 Å². The predicted octanol–water partition coefficient (Wildman–Crippen LogP) is 1.49. The molecule has 0 bridgehead atoms. The summed E-state index contributed by atoms with van der Waals surface area (Å²) in [6.45, 7) is 0.529. The van der Waals surface area contributed by atoms with Crippen molar-refractivity contribution in [2.75, 3.05) is 26.3 Å². The van der Waals surface area contributed by atoms with Crippen LogP contribution in [0.3, 0.4) is 0 Å². The summed E-state index contributed by atoms with van der Waals surface area (Å²) >= 11 is 1.13. The van der Waals surface area contributed by atoms with E-state index < -0.39 is 18.9 Å². The molecule has 4 nitrogen and oxygen atoms in total. The van der Waals surface area contributed by atoms with E-state index in [-0.39, 0.29) is 19.8 Å². The molecule has 0 spiro atoms. The Balaban J connectivity index is 2.91. The fraction of sp³-hybridized carbons (Fsp3) is 0.500. The molecule has 0 saturated carbocycles. The first-order chi connectivity index (χ1) is 9.99. The van der Waals surface area contributed by atoms with E-state index in [1.807, 2.05) is 0 Å². The Labute approximate surface area is 126 Å². The monoisotopic (exact) mass is 317 g/mol. The van der Waals surface area contributed by atoms with Gasteiger partial charge in [0.15, 0.2) is 0 Å². The molecule has 7 heteroatoms. The first-order valence-corrected chi connectivity index (χ1v) is 7.19. The molecule has 2 N–H and O–H groups in total. The highest BCUT2D eigenvalue weighted by atomic mass is 32.1. The number of carbonyl (C=O) groups is 1. The van der Waals surface area contributed by atoms with E-state index in [0.29, 0.717) is 16.2 Å². The number of hydrogen-bond donors (Lipinski definition) is 2. The second-order valence-electron chi connectivity index (χ2n) is 4.26. The van der Waals surface area contributed by atoms with Gasteiger partial charge in [-0.05, 0) is 18.6 Å². The average Bonchev–Trinajstić information content (AvgIpc) is 2.79. The molecule has 1 rings (SSSR count). The number of halogens is 2. The molecule has 0 unspecified atom stereocenters. The molecule has 0 aliphatic heterocycles. The van der Waals surface area contributed by atoms with Gasteiger partial charge in [0.2, 0.25) is 0 Å². The second kappa shape index (κ2) is 8.72. The van der Waals surface area contributed by atoms with Crippen LogP contribution in [-0.2, 0) is 0 Å². The van der Waals surface area contributed by atoms with Gasteiger partial charge in [-0.15, -0.1) is 11.3 Å². The van der Waals surface area contributed by atoms with Crippen molar-refractivity contribution in [3.05, 3.63) is 21.4 Å². The molecular formula is C14H17F2NO3S. The van der Waals surface area contributed by atoms with E-state index in [4.69, 9.17) is 10.2 Å². The normalized spacial score (nSPS) is 10.4. The zero-order chi connectivity index (χ0) is 15.8. The molecule has 0 aliphatic carbocycles. The highest BCUT2D eigenvalue weighted by Crippen LogP contribution is 2.22. The number of rotatable bonds is 6. The summed E-state index contributed by atoms with van der Waals surface area (Å²) < 4.78 is 24.9. The first-order valence-electron chi connectivity index (χ1n) is 6.38. The van der Waals surface area contributed by atoms with Gasteiger partial charge in [-0.1, -0.05) is 11.8 Å². The molecule has 1 amide bonds. The number of hydrogen-bond acceptors (Lipinski definition) is 4. The number of aliphatic hydroxyl groups excluding tert-OH is 2. The molecule has 116 valence electrons. The van der Waals surface area contributed by atoms with Crippen molar-refractivity contribution in [2.45, 2.75) is 19.8 Å². The van der Waals surface area contributed by atoms with Crippen LogP contribution in [0.15, 0.2) is 6.07 Å². The van der Waals surface area contributed by atoms with Crippen LogP contribution in [0.1, 0.15) is 26.5 Å². The molecule has 1 aromatic heterocycles. The van der Waals surface area contributed by atoms with Crippen molar-refractivity contribution in [3.8, 4) is 11.8 Å². The lowest BCUT2D eigenvalue weighted by Crippen LogP contribution is -2.36. The maximum Gasteiger partial charge on any atom is 0.264 e. The van der Waals surface area contributed by atoms with Crippen LogP contribution >= 0.6 is 11.3 Å².